The quantitative estimate of drug-likeness (QED) is 0.505. The highest BCUT2D eigenvalue weighted by Crippen LogP contribution is 2.25. The van der Waals surface area contributed by atoms with Crippen LogP contribution in [0, 0.1) is 15.9 Å². The number of benzene rings is 1. The molecular formula is C9H10ClFN2O4. The second kappa shape index (κ2) is 6.12. The fourth-order valence-corrected chi connectivity index (χ4v) is 1.19. The number of esters is 1. The average Bonchev–Trinajstić information content (AvgIpc) is 2.26. The number of ether oxygens (including phenoxy) is 1. The number of methoxy groups -OCH3 is 1. The van der Waals surface area contributed by atoms with E-state index in [1.807, 2.05) is 0 Å². The molecule has 0 bridgehead atoms. The van der Waals surface area contributed by atoms with E-state index in [-0.39, 0.29) is 18.0 Å². The van der Waals surface area contributed by atoms with Gasteiger partial charge in [0, 0.05) is 0 Å². The highest BCUT2D eigenvalue weighted by molar-refractivity contribution is 5.85. The van der Waals surface area contributed by atoms with E-state index in [4.69, 9.17) is 5.73 Å². The Labute approximate surface area is 102 Å². The van der Waals surface area contributed by atoms with E-state index in [1.165, 1.54) is 0 Å². The van der Waals surface area contributed by atoms with Crippen LogP contribution in [0.15, 0.2) is 18.2 Å². The fourth-order valence-electron chi connectivity index (χ4n) is 1.19. The van der Waals surface area contributed by atoms with Crippen LogP contribution >= 0.6 is 12.4 Å². The Morgan fingerprint density at radius 2 is 2.18 bits per heavy atom. The van der Waals surface area contributed by atoms with E-state index in [1.54, 1.807) is 0 Å². The van der Waals surface area contributed by atoms with Gasteiger partial charge in [0.1, 0.15) is 11.9 Å². The van der Waals surface area contributed by atoms with Gasteiger partial charge in [-0.15, -0.1) is 12.4 Å². The number of carbonyl (C=O) groups excluding carboxylic acids is 1. The van der Waals surface area contributed by atoms with Crippen molar-refractivity contribution in [3.05, 3.63) is 39.7 Å². The Morgan fingerprint density at radius 3 is 2.65 bits per heavy atom. The van der Waals surface area contributed by atoms with Crippen molar-refractivity contribution in [3.63, 3.8) is 0 Å². The normalized spacial score (nSPS) is 11.2. The number of rotatable bonds is 3. The molecule has 0 unspecified atom stereocenters. The first-order valence-corrected chi connectivity index (χ1v) is 4.24. The van der Waals surface area contributed by atoms with Gasteiger partial charge in [-0.1, -0.05) is 0 Å². The van der Waals surface area contributed by atoms with Crippen LogP contribution < -0.4 is 5.73 Å². The molecule has 1 aromatic rings. The molecule has 0 fully saturated rings. The number of halogens is 2. The van der Waals surface area contributed by atoms with Gasteiger partial charge >= 0.3 is 5.97 Å². The van der Waals surface area contributed by atoms with Crippen molar-refractivity contribution in [3.8, 4) is 0 Å². The van der Waals surface area contributed by atoms with Crippen molar-refractivity contribution in [2.24, 2.45) is 5.73 Å². The average molecular weight is 265 g/mol. The molecule has 0 amide bonds. The van der Waals surface area contributed by atoms with E-state index in [9.17, 15) is 19.3 Å². The van der Waals surface area contributed by atoms with Gasteiger partial charge in [0.2, 0.25) is 0 Å². The summed E-state index contributed by atoms with van der Waals surface area (Å²) in [7, 11) is 1.11. The zero-order valence-corrected chi connectivity index (χ0v) is 9.57. The minimum atomic E-state index is -1.30. The van der Waals surface area contributed by atoms with Crippen molar-refractivity contribution in [1.29, 1.82) is 0 Å². The summed E-state index contributed by atoms with van der Waals surface area (Å²) in [5.74, 6) is -1.60. The van der Waals surface area contributed by atoms with Crippen LogP contribution in [0.1, 0.15) is 11.6 Å². The lowest BCUT2D eigenvalue weighted by atomic mass is 10.1. The van der Waals surface area contributed by atoms with E-state index in [0.29, 0.717) is 6.07 Å². The largest absolute Gasteiger partial charge is 0.468 e. The highest BCUT2D eigenvalue weighted by Gasteiger charge is 2.25. The maximum atomic E-state index is 12.8. The third-order valence-electron chi connectivity index (χ3n) is 1.98. The lowest BCUT2D eigenvalue weighted by Gasteiger charge is -2.09. The first-order valence-electron chi connectivity index (χ1n) is 4.24. The summed E-state index contributed by atoms with van der Waals surface area (Å²) in [6, 6.07) is 1.49. The van der Waals surface area contributed by atoms with Gasteiger partial charge in [-0.2, -0.15) is 0 Å². The van der Waals surface area contributed by atoms with Crippen LogP contribution in [0.3, 0.4) is 0 Å². The van der Waals surface area contributed by atoms with Gasteiger partial charge < -0.3 is 10.5 Å². The molecule has 0 saturated carbocycles. The second-order valence-electron chi connectivity index (χ2n) is 2.96. The number of nitro benzene ring substituents is 1. The minimum Gasteiger partial charge on any atom is -0.468 e. The van der Waals surface area contributed by atoms with Crippen LogP contribution in [-0.2, 0) is 9.53 Å². The van der Waals surface area contributed by atoms with Crippen molar-refractivity contribution < 1.29 is 18.8 Å². The Hall–Kier alpha value is -1.73. The zero-order chi connectivity index (χ0) is 12.3. The van der Waals surface area contributed by atoms with Crippen LogP contribution in [0.4, 0.5) is 10.1 Å². The van der Waals surface area contributed by atoms with Crippen molar-refractivity contribution >= 4 is 24.1 Å². The predicted octanol–water partition coefficient (Wildman–Crippen LogP) is 1.33. The maximum absolute atomic E-state index is 12.8. The lowest BCUT2D eigenvalue weighted by Crippen LogP contribution is -2.23. The molecule has 6 nitrogen and oxygen atoms in total. The van der Waals surface area contributed by atoms with Gasteiger partial charge in [-0.05, 0) is 12.1 Å². The molecule has 0 aliphatic heterocycles. The highest BCUT2D eigenvalue weighted by atomic mass is 35.5. The molecule has 0 spiro atoms. The predicted molar refractivity (Wildman–Crippen MR) is 59.2 cm³/mol. The fraction of sp³-hybridized carbons (Fsp3) is 0.222. The molecule has 0 aliphatic carbocycles. The van der Waals surface area contributed by atoms with Crippen LogP contribution in [0.5, 0.6) is 0 Å². The molecule has 0 radical (unpaired) electrons. The first kappa shape index (κ1) is 15.3. The van der Waals surface area contributed by atoms with E-state index in [2.05, 4.69) is 4.74 Å². The zero-order valence-electron chi connectivity index (χ0n) is 8.75. The molecule has 0 saturated heterocycles. The molecule has 0 heterocycles. The number of hydrogen-bond donors (Lipinski definition) is 1. The molecule has 1 atom stereocenters. The Kier molecular flexibility index (Phi) is 5.49. The summed E-state index contributed by atoms with van der Waals surface area (Å²) in [6.45, 7) is 0. The molecule has 1 rings (SSSR count). The number of carbonyl (C=O) groups is 1. The molecule has 8 heteroatoms. The number of nitrogens with two attached hydrogens (primary N) is 1. The molecule has 2 N–H and O–H groups in total. The van der Waals surface area contributed by atoms with Gasteiger partial charge in [0.15, 0.2) is 0 Å². The summed E-state index contributed by atoms with van der Waals surface area (Å²) in [5, 5.41) is 10.6. The van der Waals surface area contributed by atoms with E-state index in [0.717, 1.165) is 19.2 Å². The standard InChI is InChI=1S/C9H9FN2O4.ClH/c1-16-9(13)8(11)6-3-2-5(10)4-7(6)12(14)15;/h2-4,8H,11H2,1H3;1H/t8-;/m0./s1. The van der Waals surface area contributed by atoms with Crippen LogP contribution in [0.25, 0.3) is 0 Å². The Morgan fingerprint density at radius 1 is 1.59 bits per heavy atom. The number of hydrogen-bond acceptors (Lipinski definition) is 5. The molecule has 17 heavy (non-hydrogen) atoms. The summed E-state index contributed by atoms with van der Waals surface area (Å²) < 4.78 is 17.1. The second-order valence-corrected chi connectivity index (χ2v) is 2.96. The molecule has 0 aromatic heterocycles. The molecule has 0 aliphatic rings. The van der Waals surface area contributed by atoms with Gasteiger partial charge in [-0.25, -0.2) is 9.18 Å². The third-order valence-corrected chi connectivity index (χ3v) is 1.98. The lowest BCUT2D eigenvalue weighted by molar-refractivity contribution is -0.385. The van der Waals surface area contributed by atoms with Gasteiger partial charge in [0.25, 0.3) is 5.69 Å². The molecular weight excluding hydrogens is 255 g/mol. The smallest absolute Gasteiger partial charge is 0.327 e. The minimum absolute atomic E-state index is 0. The monoisotopic (exact) mass is 264 g/mol. The third kappa shape index (κ3) is 3.36. The van der Waals surface area contributed by atoms with Crippen LogP contribution in [0.2, 0.25) is 0 Å². The van der Waals surface area contributed by atoms with Crippen molar-refractivity contribution in [2.75, 3.05) is 7.11 Å². The van der Waals surface area contributed by atoms with Crippen molar-refractivity contribution in [2.45, 2.75) is 6.04 Å². The summed E-state index contributed by atoms with van der Waals surface area (Å²) in [6.07, 6.45) is 0. The van der Waals surface area contributed by atoms with Gasteiger partial charge in [-0.3, -0.25) is 10.1 Å². The topological polar surface area (TPSA) is 95.5 Å². The number of nitrogens with zero attached hydrogens (tertiary/aromatic N) is 1. The van der Waals surface area contributed by atoms with E-state index >= 15 is 0 Å². The Balaban J connectivity index is 0.00000256. The van der Waals surface area contributed by atoms with Crippen molar-refractivity contribution in [1.82, 2.24) is 0 Å². The van der Waals surface area contributed by atoms with Crippen LogP contribution in [-0.4, -0.2) is 18.0 Å². The van der Waals surface area contributed by atoms with Gasteiger partial charge in [0.05, 0.1) is 23.7 Å². The maximum Gasteiger partial charge on any atom is 0.327 e. The summed E-state index contributed by atoms with van der Waals surface area (Å²) >= 11 is 0. The van der Waals surface area contributed by atoms with E-state index < -0.39 is 28.4 Å². The number of nitro groups is 1. The summed E-state index contributed by atoms with van der Waals surface area (Å²) in [4.78, 5) is 20.9. The molecule has 1 aromatic carbocycles. The first-order chi connectivity index (χ1) is 7.47. The SMILES string of the molecule is COC(=O)[C@@H](N)c1ccc(F)cc1[N+](=O)[O-].Cl. The Bertz CT molecular complexity index is 441. The molecule has 94 valence electrons. The summed E-state index contributed by atoms with van der Waals surface area (Å²) in [5.41, 5.74) is 4.81.